The smallest absolute Gasteiger partial charge is 0.222 e. The fourth-order valence-corrected chi connectivity index (χ4v) is 2.66. The lowest BCUT2D eigenvalue weighted by atomic mass is 10.0. The van der Waals surface area contributed by atoms with Crippen LogP contribution in [0.2, 0.25) is 5.02 Å². The molecule has 2 rings (SSSR count). The van der Waals surface area contributed by atoms with Gasteiger partial charge < -0.3 is 10.2 Å². The van der Waals surface area contributed by atoms with E-state index in [1.54, 1.807) is 0 Å². The molecule has 1 aliphatic rings. The van der Waals surface area contributed by atoms with Crippen LogP contribution in [-0.2, 0) is 11.2 Å². The maximum atomic E-state index is 12.1. The van der Waals surface area contributed by atoms with Crippen LogP contribution in [0.4, 0.5) is 0 Å². The van der Waals surface area contributed by atoms with Crippen LogP contribution in [0, 0.1) is 13.8 Å². The number of amides is 1. The van der Waals surface area contributed by atoms with E-state index in [-0.39, 0.29) is 5.91 Å². The second-order valence-electron chi connectivity index (χ2n) is 5.16. The summed E-state index contributed by atoms with van der Waals surface area (Å²) < 4.78 is 0. The summed E-state index contributed by atoms with van der Waals surface area (Å²) in [5, 5.41) is 4.03. The highest BCUT2D eigenvalue weighted by Gasteiger charge is 2.16. The largest absolute Gasteiger partial charge is 0.340 e. The van der Waals surface area contributed by atoms with E-state index in [4.69, 9.17) is 11.6 Å². The van der Waals surface area contributed by atoms with Gasteiger partial charge in [-0.2, -0.15) is 0 Å². The van der Waals surface area contributed by atoms with Crippen molar-refractivity contribution in [3.05, 3.63) is 33.8 Å². The van der Waals surface area contributed by atoms with Crippen molar-refractivity contribution in [1.82, 2.24) is 10.2 Å². The number of hydrogen-bond donors (Lipinski definition) is 1. The van der Waals surface area contributed by atoms with Gasteiger partial charge in [-0.1, -0.05) is 17.7 Å². The number of halogens is 1. The minimum atomic E-state index is 0.232. The molecule has 1 fully saturated rings. The number of rotatable bonds is 3. The van der Waals surface area contributed by atoms with Crippen molar-refractivity contribution in [3.63, 3.8) is 0 Å². The van der Waals surface area contributed by atoms with Gasteiger partial charge in [0.25, 0.3) is 0 Å². The summed E-state index contributed by atoms with van der Waals surface area (Å²) >= 11 is 6.24. The van der Waals surface area contributed by atoms with Crippen molar-refractivity contribution in [2.24, 2.45) is 0 Å². The van der Waals surface area contributed by atoms with Gasteiger partial charge in [-0.05, 0) is 43.0 Å². The summed E-state index contributed by atoms with van der Waals surface area (Å²) in [5.74, 6) is 0.232. The molecule has 0 radical (unpaired) electrons. The summed E-state index contributed by atoms with van der Waals surface area (Å²) in [4.78, 5) is 14.0. The van der Waals surface area contributed by atoms with Crippen molar-refractivity contribution in [2.75, 3.05) is 26.2 Å². The Morgan fingerprint density at radius 1 is 1.26 bits per heavy atom. The van der Waals surface area contributed by atoms with Crippen LogP contribution in [-0.4, -0.2) is 37.0 Å². The number of carbonyl (C=O) groups is 1. The second-order valence-corrected chi connectivity index (χ2v) is 5.57. The van der Waals surface area contributed by atoms with E-state index in [2.05, 4.69) is 25.2 Å². The standard InChI is InChI=1S/C15H21ClN2O/c1-11-9-13(14(16)10-12(11)2)3-4-15(19)18-7-5-17-6-8-18/h9-10,17H,3-8H2,1-2H3. The Balaban J connectivity index is 1.94. The molecule has 1 N–H and O–H groups in total. The highest BCUT2D eigenvalue weighted by molar-refractivity contribution is 6.31. The number of benzene rings is 1. The van der Waals surface area contributed by atoms with E-state index in [1.807, 2.05) is 11.0 Å². The van der Waals surface area contributed by atoms with Gasteiger partial charge >= 0.3 is 0 Å². The Hall–Kier alpha value is -1.06. The quantitative estimate of drug-likeness (QED) is 0.922. The Labute approximate surface area is 119 Å². The van der Waals surface area contributed by atoms with Gasteiger partial charge in [0, 0.05) is 37.6 Å². The van der Waals surface area contributed by atoms with E-state index in [0.29, 0.717) is 6.42 Å². The first-order chi connectivity index (χ1) is 9.08. The normalized spacial score (nSPS) is 15.6. The maximum Gasteiger partial charge on any atom is 0.222 e. The second kappa shape index (κ2) is 6.40. The monoisotopic (exact) mass is 280 g/mol. The SMILES string of the molecule is Cc1cc(Cl)c(CCC(=O)N2CCNCC2)cc1C. The minimum absolute atomic E-state index is 0.232. The molecule has 104 valence electrons. The number of aryl methyl sites for hydroxylation is 3. The molecule has 1 heterocycles. The fraction of sp³-hybridized carbons (Fsp3) is 0.533. The number of carbonyl (C=O) groups excluding carboxylic acids is 1. The van der Waals surface area contributed by atoms with E-state index >= 15 is 0 Å². The zero-order chi connectivity index (χ0) is 13.8. The van der Waals surface area contributed by atoms with Crippen LogP contribution in [0.1, 0.15) is 23.1 Å². The summed E-state index contributed by atoms with van der Waals surface area (Å²) in [6.45, 7) is 7.56. The topological polar surface area (TPSA) is 32.3 Å². The van der Waals surface area contributed by atoms with Gasteiger partial charge in [-0.3, -0.25) is 4.79 Å². The summed E-state index contributed by atoms with van der Waals surface area (Å²) in [5.41, 5.74) is 3.50. The molecular weight excluding hydrogens is 260 g/mol. The predicted octanol–water partition coefficient (Wildman–Crippen LogP) is 2.32. The third-order valence-corrected chi connectivity index (χ3v) is 4.09. The molecule has 1 aliphatic heterocycles. The molecule has 0 aromatic heterocycles. The molecule has 0 unspecified atom stereocenters. The lowest BCUT2D eigenvalue weighted by molar-refractivity contribution is -0.131. The van der Waals surface area contributed by atoms with E-state index in [1.165, 1.54) is 11.1 Å². The molecule has 4 heteroatoms. The van der Waals surface area contributed by atoms with Gasteiger partial charge in [-0.25, -0.2) is 0 Å². The average molecular weight is 281 g/mol. The third kappa shape index (κ3) is 3.71. The van der Waals surface area contributed by atoms with Crippen molar-refractivity contribution < 1.29 is 4.79 Å². The first-order valence-electron chi connectivity index (χ1n) is 6.82. The minimum Gasteiger partial charge on any atom is -0.340 e. The summed E-state index contributed by atoms with van der Waals surface area (Å²) in [7, 11) is 0. The molecule has 1 aromatic carbocycles. The lowest BCUT2D eigenvalue weighted by Crippen LogP contribution is -2.46. The number of nitrogens with zero attached hydrogens (tertiary/aromatic N) is 1. The van der Waals surface area contributed by atoms with E-state index < -0.39 is 0 Å². The van der Waals surface area contributed by atoms with Crippen LogP contribution >= 0.6 is 11.6 Å². The number of nitrogens with one attached hydrogen (secondary N) is 1. The van der Waals surface area contributed by atoms with Gasteiger partial charge in [0.15, 0.2) is 0 Å². The highest BCUT2D eigenvalue weighted by Crippen LogP contribution is 2.22. The van der Waals surface area contributed by atoms with Crippen LogP contribution in [0.15, 0.2) is 12.1 Å². The first kappa shape index (κ1) is 14.4. The van der Waals surface area contributed by atoms with Crippen molar-refractivity contribution in [1.29, 1.82) is 0 Å². The van der Waals surface area contributed by atoms with Gasteiger partial charge in [0.2, 0.25) is 5.91 Å². The van der Waals surface area contributed by atoms with Crippen LogP contribution in [0.3, 0.4) is 0 Å². The molecule has 0 atom stereocenters. The summed E-state index contributed by atoms with van der Waals surface area (Å²) in [6.07, 6.45) is 1.27. The molecule has 3 nitrogen and oxygen atoms in total. The molecule has 0 spiro atoms. The number of hydrogen-bond acceptors (Lipinski definition) is 2. The fourth-order valence-electron chi connectivity index (χ4n) is 2.35. The molecule has 1 amide bonds. The molecular formula is C15H21ClN2O. The highest BCUT2D eigenvalue weighted by atomic mass is 35.5. The Kier molecular flexibility index (Phi) is 4.83. The summed E-state index contributed by atoms with van der Waals surface area (Å²) in [6, 6.07) is 4.09. The zero-order valence-corrected chi connectivity index (χ0v) is 12.4. The van der Waals surface area contributed by atoms with Crippen LogP contribution in [0.25, 0.3) is 0 Å². The number of piperazine rings is 1. The first-order valence-corrected chi connectivity index (χ1v) is 7.20. The van der Waals surface area contributed by atoms with Crippen molar-refractivity contribution in [2.45, 2.75) is 26.7 Å². The predicted molar refractivity (Wildman–Crippen MR) is 78.7 cm³/mol. The average Bonchev–Trinajstić information content (AvgIpc) is 2.42. The van der Waals surface area contributed by atoms with Crippen LogP contribution < -0.4 is 5.32 Å². The molecule has 0 bridgehead atoms. The van der Waals surface area contributed by atoms with E-state index in [0.717, 1.165) is 43.2 Å². The molecule has 0 saturated carbocycles. The zero-order valence-electron chi connectivity index (χ0n) is 11.6. The van der Waals surface area contributed by atoms with Gasteiger partial charge in [0.1, 0.15) is 0 Å². The molecule has 0 aliphatic carbocycles. The van der Waals surface area contributed by atoms with E-state index in [9.17, 15) is 4.79 Å². The Morgan fingerprint density at radius 3 is 2.58 bits per heavy atom. The van der Waals surface area contributed by atoms with Gasteiger partial charge in [-0.15, -0.1) is 0 Å². The molecule has 1 saturated heterocycles. The third-order valence-electron chi connectivity index (χ3n) is 3.74. The maximum absolute atomic E-state index is 12.1. The van der Waals surface area contributed by atoms with Gasteiger partial charge in [0.05, 0.1) is 0 Å². The Morgan fingerprint density at radius 2 is 1.89 bits per heavy atom. The van der Waals surface area contributed by atoms with Crippen LogP contribution in [0.5, 0.6) is 0 Å². The molecule has 19 heavy (non-hydrogen) atoms. The molecule has 1 aromatic rings. The Bertz CT molecular complexity index is 467. The van der Waals surface area contributed by atoms with Crippen molar-refractivity contribution >= 4 is 17.5 Å². The van der Waals surface area contributed by atoms with Crippen molar-refractivity contribution in [3.8, 4) is 0 Å². The lowest BCUT2D eigenvalue weighted by Gasteiger charge is -2.27.